The molecule has 0 fully saturated rings. The molecule has 0 amide bonds. The highest BCUT2D eigenvalue weighted by Crippen LogP contribution is 2.29. The zero-order chi connectivity index (χ0) is 18.6. The summed E-state index contributed by atoms with van der Waals surface area (Å²) >= 11 is 0. The van der Waals surface area contributed by atoms with Crippen molar-refractivity contribution in [2.75, 3.05) is 0 Å². The number of nitrogens with one attached hydrogen (secondary N) is 1. The number of rotatable bonds is 7. The Labute approximate surface area is 174 Å². The number of fused-ring (bicyclic) bond motifs is 3. The molecular weight excluding hydrogens is 364 g/mol. The topological polar surface area (TPSA) is 17.0 Å². The summed E-state index contributed by atoms with van der Waals surface area (Å²) in [4.78, 5) is 0. The van der Waals surface area contributed by atoms with E-state index < -0.39 is 0 Å². The van der Waals surface area contributed by atoms with E-state index >= 15 is 0 Å². The van der Waals surface area contributed by atoms with Crippen molar-refractivity contribution in [3.8, 4) is 0 Å². The van der Waals surface area contributed by atoms with Crippen molar-refractivity contribution >= 4 is 34.2 Å². The molecule has 4 rings (SSSR count). The number of hydrogen-bond donors (Lipinski definition) is 1. The maximum Gasteiger partial charge on any atom is 0.0491 e. The second kappa shape index (κ2) is 9.27. The smallest absolute Gasteiger partial charge is 0.0491 e. The zero-order valence-corrected chi connectivity index (χ0v) is 17.5. The molecule has 28 heavy (non-hydrogen) atoms. The van der Waals surface area contributed by atoms with Crippen LogP contribution in [0.3, 0.4) is 0 Å². The minimum atomic E-state index is 0. The highest BCUT2D eigenvalue weighted by Gasteiger charge is 2.10. The fourth-order valence-electron chi connectivity index (χ4n) is 3.97. The second-order valence-electron chi connectivity index (χ2n) is 7.42. The molecule has 1 atom stereocenters. The molecule has 0 saturated heterocycles. The van der Waals surface area contributed by atoms with Crippen molar-refractivity contribution in [2.45, 2.75) is 45.8 Å². The average molecular weight is 393 g/mol. The van der Waals surface area contributed by atoms with Crippen LogP contribution in [0, 0.1) is 0 Å². The minimum absolute atomic E-state index is 0. The second-order valence-corrected chi connectivity index (χ2v) is 7.42. The zero-order valence-electron chi connectivity index (χ0n) is 16.7. The van der Waals surface area contributed by atoms with Gasteiger partial charge in [-0.15, -0.1) is 12.4 Å². The predicted molar refractivity (Wildman–Crippen MR) is 123 cm³/mol. The van der Waals surface area contributed by atoms with Crippen molar-refractivity contribution < 1.29 is 0 Å². The number of hydrogen-bond acceptors (Lipinski definition) is 1. The summed E-state index contributed by atoms with van der Waals surface area (Å²) in [5, 5.41) is 6.42. The number of halogens is 1. The van der Waals surface area contributed by atoms with Gasteiger partial charge in [0.25, 0.3) is 0 Å². The van der Waals surface area contributed by atoms with Gasteiger partial charge in [0.05, 0.1) is 0 Å². The molecule has 0 bridgehead atoms. The Kier molecular flexibility index (Phi) is 6.77. The largest absolute Gasteiger partial charge is 0.341 e. The Morgan fingerprint density at radius 2 is 1.54 bits per heavy atom. The lowest BCUT2D eigenvalue weighted by atomic mass is 10.1. The Bertz CT molecular complexity index is 1040. The molecule has 2 nitrogen and oxygen atoms in total. The van der Waals surface area contributed by atoms with Gasteiger partial charge in [-0.2, -0.15) is 0 Å². The Hall–Kier alpha value is -2.29. The van der Waals surface area contributed by atoms with Gasteiger partial charge >= 0.3 is 0 Å². The molecule has 4 aromatic rings. The van der Waals surface area contributed by atoms with Crippen LogP contribution in [0.2, 0.25) is 0 Å². The van der Waals surface area contributed by atoms with Crippen LogP contribution in [0.25, 0.3) is 21.8 Å². The van der Waals surface area contributed by atoms with Gasteiger partial charge in [-0.05, 0) is 56.0 Å². The maximum absolute atomic E-state index is 3.70. The molecule has 0 spiro atoms. The first-order valence-corrected chi connectivity index (χ1v) is 10.0. The fraction of sp³-hybridized carbons (Fsp3) is 0.280. The normalized spacial score (nSPS) is 12.2. The van der Waals surface area contributed by atoms with Crippen LogP contribution < -0.4 is 5.32 Å². The molecule has 0 aliphatic carbocycles. The molecule has 0 saturated carbocycles. The standard InChI is InChI=1S/C25H28N2.ClH/c1-3-27-24-12-8-7-11-22(24)23-17-21(15-16-25(23)27)18-26-19(2)13-14-20-9-5-4-6-10-20;/h4-12,15-17,19,26H,3,13-14,18H2,1-2H3;1H. The van der Waals surface area contributed by atoms with Crippen molar-refractivity contribution in [3.05, 3.63) is 83.9 Å². The van der Waals surface area contributed by atoms with Gasteiger partial charge < -0.3 is 9.88 Å². The maximum atomic E-state index is 3.70. The van der Waals surface area contributed by atoms with E-state index in [9.17, 15) is 0 Å². The molecule has 1 heterocycles. The predicted octanol–water partition coefficient (Wildman–Crippen LogP) is 6.35. The first kappa shape index (κ1) is 20.4. The van der Waals surface area contributed by atoms with Crippen molar-refractivity contribution in [2.24, 2.45) is 0 Å². The molecule has 3 aromatic carbocycles. The SMILES string of the molecule is CCn1c2ccccc2c2cc(CNC(C)CCc3ccccc3)ccc21.Cl. The summed E-state index contributed by atoms with van der Waals surface area (Å²) in [7, 11) is 0. The molecule has 146 valence electrons. The third-order valence-electron chi connectivity index (χ3n) is 5.52. The molecule has 1 aromatic heterocycles. The van der Waals surface area contributed by atoms with E-state index in [2.05, 4.69) is 96.5 Å². The van der Waals surface area contributed by atoms with Crippen LogP contribution in [0.1, 0.15) is 31.4 Å². The van der Waals surface area contributed by atoms with Gasteiger partial charge in [-0.1, -0.05) is 54.6 Å². The fourth-order valence-corrected chi connectivity index (χ4v) is 3.97. The van der Waals surface area contributed by atoms with Crippen LogP contribution in [0.4, 0.5) is 0 Å². The van der Waals surface area contributed by atoms with Gasteiger partial charge in [0.2, 0.25) is 0 Å². The monoisotopic (exact) mass is 392 g/mol. The number of aryl methyl sites for hydroxylation is 2. The van der Waals surface area contributed by atoms with E-state index in [1.165, 1.54) is 32.9 Å². The average Bonchev–Trinajstić information content (AvgIpc) is 3.04. The van der Waals surface area contributed by atoms with E-state index in [0.717, 1.165) is 25.9 Å². The Morgan fingerprint density at radius 3 is 2.32 bits per heavy atom. The van der Waals surface area contributed by atoms with Crippen LogP contribution in [0.15, 0.2) is 72.8 Å². The lowest BCUT2D eigenvalue weighted by Gasteiger charge is -2.14. The summed E-state index contributed by atoms with van der Waals surface area (Å²) in [5.74, 6) is 0. The van der Waals surface area contributed by atoms with E-state index in [0.29, 0.717) is 6.04 Å². The van der Waals surface area contributed by atoms with Gasteiger partial charge in [0.1, 0.15) is 0 Å². The quantitative estimate of drug-likeness (QED) is 0.388. The Balaban J connectivity index is 0.00000225. The third kappa shape index (κ3) is 4.24. The van der Waals surface area contributed by atoms with Gasteiger partial charge in [0.15, 0.2) is 0 Å². The highest BCUT2D eigenvalue weighted by atomic mass is 35.5. The molecule has 0 radical (unpaired) electrons. The first-order chi connectivity index (χ1) is 13.3. The Morgan fingerprint density at radius 1 is 0.821 bits per heavy atom. The number of nitrogens with zero attached hydrogens (tertiary/aromatic N) is 1. The summed E-state index contributed by atoms with van der Waals surface area (Å²) in [5.41, 5.74) is 5.43. The summed E-state index contributed by atoms with van der Waals surface area (Å²) in [6.07, 6.45) is 2.28. The third-order valence-corrected chi connectivity index (χ3v) is 5.52. The number of aromatic nitrogens is 1. The van der Waals surface area contributed by atoms with Crippen LogP contribution >= 0.6 is 12.4 Å². The summed E-state index contributed by atoms with van der Waals surface area (Å²) in [6.45, 7) is 6.41. The van der Waals surface area contributed by atoms with E-state index in [1.54, 1.807) is 0 Å². The molecule has 3 heteroatoms. The minimum Gasteiger partial charge on any atom is -0.341 e. The van der Waals surface area contributed by atoms with Gasteiger partial charge in [-0.25, -0.2) is 0 Å². The first-order valence-electron chi connectivity index (χ1n) is 10.0. The summed E-state index contributed by atoms with van der Waals surface area (Å²) < 4.78 is 2.41. The molecule has 1 N–H and O–H groups in total. The van der Waals surface area contributed by atoms with Gasteiger partial charge in [-0.3, -0.25) is 0 Å². The molecular formula is C25H29ClN2. The lowest BCUT2D eigenvalue weighted by molar-refractivity contribution is 0.514. The highest BCUT2D eigenvalue weighted by molar-refractivity contribution is 6.08. The van der Waals surface area contributed by atoms with Crippen molar-refractivity contribution in [1.82, 2.24) is 9.88 Å². The van der Waals surface area contributed by atoms with Crippen LogP contribution in [-0.4, -0.2) is 10.6 Å². The van der Waals surface area contributed by atoms with Crippen molar-refractivity contribution in [3.63, 3.8) is 0 Å². The molecule has 0 aliphatic rings. The van der Waals surface area contributed by atoms with Gasteiger partial charge in [0, 0.05) is 40.9 Å². The number of para-hydroxylation sites is 1. The van der Waals surface area contributed by atoms with E-state index in [4.69, 9.17) is 0 Å². The molecule has 1 unspecified atom stereocenters. The molecule has 0 aliphatic heterocycles. The number of benzene rings is 3. The lowest BCUT2D eigenvalue weighted by Crippen LogP contribution is -2.25. The van der Waals surface area contributed by atoms with E-state index in [-0.39, 0.29) is 12.4 Å². The van der Waals surface area contributed by atoms with Crippen LogP contribution in [0.5, 0.6) is 0 Å². The van der Waals surface area contributed by atoms with Crippen LogP contribution in [-0.2, 0) is 19.5 Å². The summed E-state index contributed by atoms with van der Waals surface area (Å²) in [6, 6.07) is 26.9. The van der Waals surface area contributed by atoms with E-state index in [1.807, 2.05) is 0 Å². The van der Waals surface area contributed by atoms with Crippen molar-refractivity contribution in [1.29, 1.82) is 0 Å².